The lowest BCUT2D eigenvalue weighted by molar-refractivity contribution is 0.0314. The largest absolute Gasteiger partial charge is 0.460 e. The van der Waals surface area contributed by atoms with Crippen LogP contribution in [0.3, 0.4) is 0 Å². The van der Waals surface area contributed by atoms with Crippen LogP contribution >= 0.6 is 0 Å². The highest BCUT2D eigenvalue weighted by molar-refractivity contribution is 5.90. The van der Waals surface area contributed by atoms with E-state index in [0.717, 1.165) is 25.0 Å². The van der Waals surface area contributed by atoms with Gasteiger partial charge < -0.3 is 15.2 Å². The number of nitrogens with two attached hydrogens (primary N) is 1. The van der Waals surface area contributed by atoms with E-state index in [9.17, 15) is 4.79 Å². The van der Waals surface area contributed by atoms with Crippen molar-refractivity contribution in [2.75, 3.05) is 25.6 Å². The van der Waals surface area contributed by atoms with Crippen LogP contribution in [0.25, 0.3) is 0 Å². The molecule has 0 radical (unpaired) electrons. The van der Waals surface area contributed by atoms with Gasteiger partial charge in [-0.3, -0.25) is 0 Å². The molecule has 0 spiro atoms. The second kappa shape index (κ2) is 7.71. The Morgan fingerprint density at radius 1 is 1.28 bits per heavy atom. The van der Waals surface area contributed by atoms with E-state index < -0.39 is 0 Å². The number of esters is 1. The van der Waals surface area contributed by atoms with E-state index in [-0.39, 0.29) is 12.6 Å². The monoisotopic (exact) mass is 251 g/mol. The Morgan fingerprint density at radius 2 is 2.06 bits per heavy atom. The van der Waals surface area contributed by atoms with Crippen LogP contribution in [0.4, 0.5) is 5.69 Å². The molecule has 18 heavy (non-hydrogen) atoms. The van der Waals surface area contributed by atoms with E-state index in [1.165, 1.54) is 0 Å². The third kappa shape index (κ3) is 4.75. The zero-order valence-electron chi connectivity index (χ0n) is 11.1. The minimum atomic E-state index is -0.336. The topological polar surface area (TPSA) is 61.5 Å². The zero-order chi connectivity index (χ0) is 13.4. The number of rotatable bonds is 7. The Morgan fingerprint density at radius 3 is 2.72 bits per heavy atom. The van der Waals surface area contributed by atoms with Gasteiger partial charge in [-0.15, -0.1) is 0 Å². The summed E-state index contributed by atoms with van der Waals surface area (Å²) < 4.78 is 10.4. The van der Waals surface area contributed by atoms with Crippen molar-refractivity contribution < 1.29 is 14.3 Å². The molecule has 0 unspecified atom stereocenters. The first-order chi connectivity index (χ1) is 8.65. The Bertz CT molecular complexity index is 391. The molecule has 0 atom stereocenters. The molecule has 100 valence electrons. The lowest BCUT2D eigenvalue weighted by Crippen LogP contribution is -2.11. The molecule has 0 aliphatic carbocycles. The number of nitrogen functional groups attached to an aromatic ring is 1. The quantitative estimate of drug-likeness (QED) is 0.459. The number of benzene rings is 1. The van der Waals surface area contributed by atoms with E-state index in [4.69, 9.17) is 15.2 Å². The van der Waals surface area contributed by atoms with Crippen molar-refractivity contribution in [1.82, 2.24) is 0 Å². The van der Waals surface area contributed by atoms with E-state index in [1.807, 2.05) is 6.92 Å². The lowest BCUT2D eigenvalue weighted by atomic mass is 10.1. The molecule has 1 rings (SSSR count). The van der Waals surface area contributed by atoms with Crippen molar-refractivity contribution in [1.29, 1.82) is 0 Å². The Labute approximate surface area is 108 Å². The highest BCUT2D eigenvalue weighted by atomic mass is 16.6. The molecule has 0 aromatic heterocycles. The third-order valence-corrected chi connectivity index (χ3v) is 2.61. The minimum absolute atomic E-state index is 0.284. The molecule has 0 aliphatic rings. The number of unbranched alkanes of at least 4 members (excludes halogenated alkanes) is 1. The van der Waals surface area contributed by atoms with Crippen molar-refractivity contribution in [3.8, 4) is 0 Å². The molecule has 1 aromatic carbocycles. The number of anilines is 1. The van der Waals surface area contributed by atoms with Crippen LogP contribution in [-0.2, 0) is 9.47 Å². The van der Waals surface area contributed by atoms with Crippen LogP contribution in [0.1, 0.15) is 35.7 Å². The van der Waals surface area contributed by atoms with Gasteiger partial charge in [0, 0.05) is 12.3 Å². The molecule has 0 heterocycles. The van der Waals surface area contributed by atoms with Crippen LogP contribution in [0.5, 0.6) is 0 Å². The average molecular weight is 251 g/mol. The summed E-state index contributed by atoms with van der Waals surface area (Å²) in [5.74, 6) is -0.336. The number of hydrogen-bond donors (Lipinski definition) is 1. The minimum Gasteiger partial charge on any atom is -0.460 e. The van der Waals surface area contributed by atoms with Crippen molar-refractivity contribution in [2.45, 2.75) is 26.7 Å². The van der Waals surface area contributed by atoms with Gasteiger partial charge in [-0.2, -0.15) is 0 Å². The predicted molar refractivity (Wildman–Crippen MR) is 71.6 cm³/mol. The van der Waals surface area contributed by atoms with E-state index in [2.05, 4.69) is 6.92 Å². The fraction of sp³-hybridized carbons (Fsp3) is 0.500. The molecule has 0 aliphatic heterocycles. The molecule has 0 saturated carbocycles. The molecular weight excluding hydrogens is 230 g/mol. The van der Waals surface area contributed by atoms with E-state index >= 15 is 0 Å². The van der Waals surface area contributed by atoms with Gasteiger partial charge in [0.1, 0.15) is 6.61 Å². The second-order valence-electron chi connectivity index (χ2n) is 4.17. The molecule has 4 nitrogen and oxygen atoms in total. The SMILES string of the molecule is CCCCOCCOC(=O)c1ccc(N)c(C)c1. The summed E-state index contributed by atoms with van der Waals surface area (Å²) in [6, 6.07) is 5.11. The van der Waals surface area contributed by atoms with Gasteiger partial charge in [-0.05, 0) is 37.1 Å². The summed E-state index contributed by atoms with van der Waals surface area (Å²) in [4.78, 5) is 11.7. The Balaban J connectivity index is 2.30. The first kappa shape index (κ1) is 14.5. The van der Waals surface area contributed by atoms with Gasteiger partial charge >= 0.3 is 5.97 Å². The summed E-state index contributed by atoms with van der Waals surface area (Å²) in [6.45, 7) is 5.41. The van der Waals surface area contributed by atoms with E-state index in [1.54, 1.807) is 18.2 Å². The van der Waals surface area contributed by atoms with Crippen LogP contribution in [-0.4, -0.2) is 25.8 Å². The van der Waals surface area contributed by atoms with Gasteiger partial charge in [0.15, 0.2) is 0 Å². The number of hydrogen-bond acceptors (Lipinski definition) is 4. The maximum absolute atomic E-state index is 11.7. The summed E-state index contributed by atoms with van der Waals surface area (Å²) in [7, 11) is 0. The van der Waals surface area contributed by atoms with Gasteiger partial charge in [0.25, 0.3) is 0 Å². The number of ether oxygens (including phenoxy) is 2. The van der Waals surface area contributed by atoms with Crippen molar-refractivity contribution >= 4 is 11.7 Å². The zero-order valence-corrected chi connectivity index (χ0v) is 11.1. The fourth-order valence-electron chi connectivity index (χ4n) is 1.43. The molecule has 2 N–H and O–H groups in total. The average Bonchev–Trinajstić information content (AvgIpc) is 2.36. The molecule has 0 saturated heterocycles. The van der Waals surface area contributed by atoms with Crippen molar-refractivity contribution in [3.63, 3.8) is 0 Å². The van der Waals surface area contributed by atoms with Gasteiger partial charge in [0.05, 0.1) is 12.2 Å². The highest BCUT2D eigenvalue weighted by Gasteiger charge is 2.07. The summed E-state index contributed by atoms with van der Waals surface area (Å²) >= 11 is 0. The number of carbonyl (C=O) groups excluding carboxylic acids is 1. The molecule has 0 amide bonds. The first-order valence-electron chi connectivity index (χ1n) is 6.26. The van der Waals surface area contributed by atoms with Crippen LogP contribution in [0.15, 0.2) is 18.2 Å². The van der Waals surface area contributed by atoms with Crippen molar-refractivity contribution in [3.05, 3.63) is 29.3 Å². The molecule has 1 aromatic rings. The maximum atomic E-state index is 11.7. The van der Waals surface area contributed by atoms with E-state index in [0.29, 0.717) is 17.9 Å². The summed E-state index contributed by atoms with van der Waals surface area (Å²) in [6.07, 6.45) is 2.13. The van der Waals surface area contributed by atoms with Crippen LogP contribution < -0.4 is 5.73 Å². The first-order valence-corrected chi connectivity index (χ1v) is 6.26. The smallest absolute Gasteiger partial charge is 0.338 e. The normalized spacial score (nSPS) is 10.3. The molecule has 0 bridgehead atoms. The van der Waals surface area contributed by atoms with Crippen molar-refractivity contribution in [2.24, 2.45) is 0 Å². The lowest BCUT2D eigenvalue weighted by Gasteiger charge is -2.07. The summed E-state index contributed by atoms with van der Waals surface area (Å²) in [5.41, 5.74) is 7.76. The van der Waals surface area contributed by atoms with Gasteiger partial charge in [-0.25, -0.2) is 4.79 Å². The standard InChI is InChI=1S/C14H21NO3/c1-3-4-7-17-8-9-18-14(16)12-5-6-13(15)11(2)10-12/h5-6,10H,3-4,7-9,15H2,1-2H3. The molecule has 0 fully saturated rings. The van der Waals surface area contributed by atoms with Gasteiger partial charge in [0.2, 0.25) is 0 Å². The molecular formula is C14H21NO3. The Kier molecular flexibility index (Phi) is 6.22. The fourth-order valence-corrected chi connectivity index (χ4v) is 1.43. The number of aryl methyl sites for hydroxylation is 1. The predicted octanol–water partition coefficient (Wildman–Crippen LogP) is 2.55. The summed E-state index contributed by atoms with van der Waals surface area (Å²) in [5, 5.41) is 0. The number of carbonyl (C=O) groups is 1. The molecule has 4 heteroatoms. The third-order valence-electron chi connectivity index (χ3n) is 2.61. The highest BCUT2D eigenvalue weighted by Crippen LogP contribution is 2.13. The second-order valence-corrected chi connectivity index (χ2v) is 4.17. The van der Waals surface area contributed by atoms with Crippen LogP contribution in [0, 0.1) is 6.92 Å². The maximum Gasteiger partial charge on any atom is 0.338 e. The Hall–Kier alpha value is -1.55. The van der Waals surface area contributed by atoms with Crippen LogP contribution in [0.2, 0.25) is 0 Å². The van der Waals surface area contributed by atoms with Gasteiger partial charge in [-0.1, -0.05) is 13.3 Å².